The zero-order chi connectivity index (χ0) is 11.4. The molecular formula is C12H24N2O. The summed E-state index contributed by atoms with van der Waals surface area (Å²) in [4.78, 5) is 11.5. The third-order valence-electron chi connectivity index (χ3n) is 3.35. The monoisotopic (exact) mass is 212 g/mol. The Morgan fingerprint density at radius 2 is 1.87 bits per heavy atom. The predicted molar refractivity (Wildman–Crippen MR) is 62.8 cm³/mol. The molecule has 1 fully saturated rings. The first-order valence-corrected chi connectivity index (χ1v) is 6.06. The van der Waals surface area contributed by atoms with E-state index in [0.717, 1.165) is 24.7 Å². The van der Waals surface area contributed by atoms with E-state index in [0.29, 0.717) is 6.04 Å². The molecule has 88 valence electrons. The maximum atomic E-state index is 11.5. The van der Waals surface area contributed by atoms with Crippen molar-refractivity contribution in [3.05, 3.63) is 0 Å². The second-order valence-corrected chi connectivity index (χ2v) is 5.24. The van der Waals surface area contributed by atoms with Crippen molar-refractivity contribution >= 4 is 6.03 Å². The number of nitrogens with one attached hydrogen (secondary N) is 2. The topological polar surface area (TPSA) is 41.1 Å². The van der Waals surface area contributed by atoms with E-state index in [4.69, 9.17) is 0 Å². The highest BCUT2D eigenvalue weighted by molar-refractivity contribution is 5.74. The van der Waals surface area contributed by atoms with Crippen LogP contribution < -0.4 is 10.6 Å². The third-order valence-corrected chi connectivity index (χ3v) is 3.35. The molecule has 0 heterocycles. The molecule has 2 N–H and O–H groups in total. The molecule has 0 aromatic rings. The van der Waals surface area contributed by atoms with E-state index in [1.165, 1.54) is 6.42 Å². The van der Waals surface area contributed by atoms with Gasteiger partial charge in [-0.25, -0.2) is 4.79 Å². The van der Waals surface area contributed by atoms with Crippen LogP contribution in [0.15, 0.2) is 0 Å². The summed E-state index contributed by atoms with van der Waals surface area (Å²) in [5.74, 6) is 1.53. The molecule has 0 spiro atoms. The van der Waals surface area contributed by atoms with E-state index in [-0.39, 0.29) is 12.1 Å². The van der Waals surface area contributed by atoms with Gasteiger partial charge in [0.25, 0.3) is 0 Å². The molecule has 0 saturated heterocycles. The van der Waals surface area contributed by atoms with Gasteiger partial charge in [-0.1, -0.05) is 13.8 Å². The van der Waals surface area contributed by atoms with Crippen LogP contribution >= 0.6 is 0 Å². The van der Waals surface area contributed by atoms with Gasteiger partial charge in [-0.05, 0) is 44.9 Å². The summed E-state index contributed by atoms with van der Waals surface area (Å²) < 4.78 is 0. The number of hydrogen-bond acceptors (Lipinski definition) is 1. The Morgan fingerprint density at radius 1 is 1.20 bits per heavy atom. The average Bonchev–Trinajstić information content (AvgIpc) is 2.10. The lowest BCUT2D eigenvalue weighted by Crippen LogP contribution is -2.46. The molecule has 1 aliphatic rings. The fourth-order valence-corrected chi connectivity index (χ4v) is 2.17. The first-order chi connectivity index (χ1) is 6.99. The van der Waals surface area contributed by atoms with E-state index in [1.54, 1.807) is 0 Å². The predicted octanol–water partition coefficient (Wildman–Crippen LogP) is 2.52. The molecule has 3 nitrogen and oxygen atoms in total. The average molecular weight is 212 g/mol. The highest BCUT2D eigenvalue weighted by atomic mass is 16.2. The molecule has 1 saturated carbocycles. The minimum absolute atomic E-state index is 0.0169. The normalized spacial score (nSPS) is 31.4. The number of amides is 2. The lowest BCUT2D eigenvalue weighted by atomic mass is 9.79. The Bertz CT molecular complexity index is 216. The number of carbonyl (C=O) groups excluding carboxylic acids is 1. The van der Waals surface area contributed by atoms with Gasteiger partial charge in [-0.2, -0.15) is 0 Å². The first kappa shape index (κ1) is 12.3. The van der Waals surface area contributed by atoms with Gasteiger partial charge in [0.1, 0.15) is 0 Å². The Hall–Kier alpha value is -0.730. The van der Waals surface area contributed by atoms with E-state index in [2.05, 4.69) is 24.5 Å². The zero-order valence-corrected chi connectivity index (χ0v) is 10.3. The Balaban J connectivity index is 2.30. The quantitative estimate of drug-likeness (QED) is 0.725. The van der Waals surface area contributed by atoms with Gasteiger partial charge in [-0.3, -0.25) is 0 Å². The van der Waals surface area contributed by atoms with Gasteiger partial charge in [-0.15, -0.1) is 0 Å². The molecule has 0 aliphatic heterocycles. The van der Waals surface area contributed by atoms with Crippen LogP contribution in [-0.4, -0.2) is 18.1 Å². The van der Waals surface area contributed by atoms with Gasteiger partial charge >= 0.3 is 6.03 Å². The largest absolute Gasteiger partial charge is 0.336 e. The summed E-state index contributed by atoms with van der Waals surface area (Å²) in [6, 6.07) is 0.566. The molecule has 0 aromatic heterocycles. The van der Waals surface area contributed by atoms with Crippen LogP contribution in [0.3, 0.4) is 0 Å². The van der Waals surface area contributed by atoms with E-state index in [9.17, 15) is 4.79 Å². The molecule has 3 heteroatoms. The van der Waals surface area contributed by atoms with Gasteiger partial charge < -0.3 is 10.6 Å². The second-order valence-electron chi connectivity index (χ2n) is 5.24. The fraction of sp³-hybridized carbons (Fsp3) is 0.917. The molecule has 0 radical (unpaired) electrons. The van der Waals surface area contributed by atoms with Crippen molar-refractivity contribution in [2.45, 2.75) is 59.0 Å². The molecule has 15 heavy (non-hydrogen) atoms. The highest BCUT2D eigenvalue weighted by Crippen LogP contribution is 2.29. The van der Waals surface area contributed by atoms with Gasteiger partial charge in [0.15, 0.2) is 0 Å². The van der Waals surface area contributed by atoms with Gasteiger partial charge in [0, 0.05) is 12.1 Å². The van der Waals surface area contributed by atoms with Crippen molar-refractivity contribution in [3.63, 3.8) is 0 Å². The summed E-state index contributed by atoms with van der Waals surface area (Å²) in [6.07, 6.45) is 3.47. The minimum atomic E-state index is -0.0169. The second kappa shape index (κ2) is 5.38. The molecule has 3 unspecified atom stereocenters. The lowest BCUT2D eigenvalue weighted by Gasteiger charge is -2.32. The SMILES string of the molecule is CC(C)NC(=O)NC1CCC(C)C(C)C1. The van der Waals surface area contributed by atoms with Crippen molar-refractivity contribution in [2.75, 3.05) is 0 Å². The first-order valence-electron chi connectivity index (χ1n) is 6.06. The summed E-state index contributed by atoms with van der Waals surface area (Å²) >= 11 is 0. The summed E-state index contributed by atoms with van der Waals surface area (Å²) in [5.41, 5.74) is 0. The Kier molecular flexibility index (Phi) is 4.43. The van der Waals surface area contributed by atoms with E-state index >= 15 is 0 Å². The van der Waals surface area contributed by atoms with E-state index in [1.807, 2.05) is 13.8 Å². The molecule has 1 rings (SSSR count). The van der Waals surface area contributed by atoms with Gasteiger partial charge in [0.05, 0.1) is 0 Å². The minimum Gasteiger partial charge on any atom is -0.336 e. The maximum absolute atomic E-state index is 11.5. The Morgan fingerprint density at radius 3 is 2.40 bits per heavy atom. The molecule has 0 bridgehead atoms. The molecule has 0 aromatic carbocycles. The summed E-state index contributed by atoms with van der Waals surface area (Å²) in [5, 5.41) is 5.92. The van der Waals surface area contributed by atoms with Crippen molar-refractivity contribution in [2.24, 2.45) is 11.8 Å². The van der Waals surface area contributed by atoms with Crippen LogP contribution in [0.5, 0.6) is 0 Å². The van der Waals surface area contributed by atoms with Crippen LogP contribution in [0.25, 0.3) is 0 Å². The van der Waals surface area contributed by atoms with Gasteiger partial charge in [0.2, 0.25) is 0 Å². The Labute approximate surface area is 93.0 Å². The smallest absolute Gasteiger partial charge is 0.315 e. The molecule has 1 aliphatic carbocycles. The number of carbonyl (C=O) groups is 1. The number of hydrogen-bond donors (Lipinski definition) is 2. The van der Waals surface area contributed by atoms with Crippen molar-refractivity contribution in [1.29, 1.82) is 0 Å². The molecule has 3 atom stereocenters. The standard InChI is InChI=1S/C12H24N2O/c1-8(2)13-12(15)14-11-6-5-9(3)10(4)7-11/h8-11H,5-7H2,1-4H3,(H2,13,14,15). The fourth-order valence-electron chi connectivity index (χ4n) is 2.17. The van der Waals surface area contributed by atoms with Crippen LogP contribution in [0.4, 0.5) is 4.79 Å². The van der Waals surface area contributed by atoms with Crippen LogP contribution in [0, 0.1) is 11.8 Å². The molecule has 2 amide bonds. The van der Waals surface area contributed by atoms with E-state index < -0.39 is 0 Å². The lowest BCUT2D eigenvalue weighted by molar-refractivity contribution is 0.207. The summed E-state index contributed by atoms with van der Waals surface area (Å²) in [6.45, 7) is 8.53. The molecular weight excluding hydrogens is 188 g/mol. The number of urea groups is 1. The zero-order valence-electron chi connectivity index (χ0n) is 10.3. The number of rotatable bonds is 2. The van der Waals surface area contributed by atoms with Crippen LogP contribution in [-0.2, 0) is 0 Å². The van der Waals surface area contributed by atoms with Crippen LogP contribution in [0.2, 0.25) is 0 Å². The maximum Gasteiger partial charge on any atom is 0.315 e. The van der Waals surface area contributed by atoms with Crippen molar-refractivity contribution < 1.29 is 4.79 Å². The van der Waals surface area contributed by atoms with Crippen molar-refractivity contribution in [3.8, 4) is 0 Å². The highest BCUT2D eigenvalue weighted by Gasteiger charge is 2.25. The van der Waals surface area contributed by atoms with Crippen LogP contribution in [0.1, 0.15) is 47.0 Å². The third kappa shape index (κ3) is 4.10. The summed E-state index contributed by atoms with van der Waals surface area (Å²) in [7, 11) is 0. The van der Waals surface area contributed by atoms with Crippen molar-refractivity contribution in [1.82, 2.24) is 10.6 Å².